The number of aldehydes is 1. The first-order chi connectivity index (χ1) is 6.31. The van der Waals surface area contributed by atoms with Gasteiger partial charge in [0.1, 0.15) is 12.0 Å². The summed E-state index contributed by atoms with van der Waals surface area (Å²) in [5, 5.41) is 12.3. The molecule has 0 amide bonds. The van der Waals surface area contributed by atoms with Gasteiger partial charge in [-0.05, 0) is 29.7 Å². The number of fused-ring (bicyclic) bond motifs is 1. The Labute approximate surface area is 76.4 Å². The molecule has 2 N–H and O–H groups in total. The van der Waals surface area contributed by atoms with Gasteiger partial charge in [0, 0.05) is 6.54 Å². The SMILES string of the molecule is O=CC1NCCc2cc(O)ccc21. The van der Waals surface area contributed by atoms with Crippen molar-refractivity contribution in [1.29, 1.82) is 0 Å². The summed E-state index contributed by atoms with van der Waals surface area (Å²) in [6, 6.07) is 4.94. The van der Waals surface area contributed by atoms with E-state index in [-0.39, 0.29) is 11.8 Å². The van der Waals surface area contributed by atoms with Gasteiger partial charge in [0.05, 0.1) is 6.04 Å². The highest BCUT2D eigenvalue weighted by molar-refractivity contribution is 5.63. The van der Waals surface area contributed by atoms with Gasteiger partial charge in [0.2, 0.25) is 0 Å². The van der Waals surface area contributed by atoms with Crippen molar-refractivity contribution in [2.45, 2.75) is 12.5 Å². The van der Waals surface area contributed by atoms with Crippen LogP contribution in [0.5, 0.6) is 5.75 Å². The van der Waals surface area contributed by atoms with Gasteiger partial charge < -0.3 is 15.2 Å². The van der Waals surface area contributed by atoms with Gasteiger partial charge in [-0.25, -0.2) is 0 Å². The molecular weight excluding hydrogens is 166 g/mol. The Morgan fingerprint density at radius 3 is 3.15 bits per heavy atom. The lowest BCUT2D eigenvalue weighted by atomic mass is 9.95. The Morgan fingerprint density at radius 1 is 1.54 bits per heavy atom. The summed E-state index contributed by atoms with van der Waals surface area (Å²) in [4.78, 5) is 10.7. The van der Waals surface area contributed by atoms with Gasteiger partial charge in [-0.3, -0.25) is 0 Å². The minimum atomic E-state index is -0.204. The van der Waals surface area contributed by atoms with Crippen LogP contribution in [0.1, 0.15) is 17.2 Å². The second kappa shape index (κ2) is 3.18. The van der Waals surface area contributed by atoms with Crippen LogP contribution in [-0.2, 0) is 11.2 Å². The molecule has 13 heavy (non-hydrogen) atoms. The van der Waals surface area contributed by atoms with Crippen molar-refractivity contribution in [2.24, 2.45) is 0 Å². The average molecular weight is 177 g/mol. The van der Waals surface area contributed by atoms with Gasteiger partial charge >= 0.3 is 0 Å². The average Bonchev–Trinajstić information content (AvgIpc) is 2.16. The van der Waals surface area contributed by atoms with Crippen LogP contribution in [0.15, 0.2) is 18.2 Å². The number of hydrogen-bond donors (Lipinski definition) is 2. The van der Waals surface area contributed by atoms with Crippen LogP contribution >= 0.6 is 0 Å². The van der Waals surface area contributed by atoms with Crippen LogP contribution in [0.25, 0.3) is 0 Å². The first kappa shape index (κ1) is 8.26. The first-order valence-corrected chi connectivity index (χ1v) is 4.32. The summed E-state index contributed by atoms with van der Waals surface area (Å²) >= 11 is 0. The van der Waals surface area contributed by atoms with E-state index < -0.39 is 0 Å². The highest BCUT2D eigenvalue weighted by Crippen LogP contribution is 2.24. The quantitative estimate of drug-likeness (QED) is 0.623. The van der Waals surface area contributed by atoms with Gasteiger partial charge in [-0.1, -0.05) is 6.07 Å². The molecule has 1 heterocycles. The van der Waals surface area contributed by atoms with Gasteiger partial charge in [-0.2, -0.15) is 0 Å². The van der Waals surface area contributed by atoms with E-state index in [0.717, 1.165) is 30.4 Å². The zero-order valence-electron chi connectivity index (χ0n) is 7.16. The summed E-state index contributed by atoms with van der Waals surface area (Å²) in [5.41, 5.74) is 2.05. The number of benzene rings is 1. The standard InChI is InChI=1S/C10H11NO2/c12-6-10-9-2-1-8(13)5-7(9)3-4-11-10/h1-2,5-6,10-11,13H,3-4H2. The van der Waals surface area contributed by atoms with E-state index in [2.05, 4.69) is 5.32 Å². The predicted molar refractivity (Wildman–Crippen MR) is 48.6 cm³/mol. The number of hydrogen-bond acceptors (Lipinski definition) is 3. The van der Waals surface area contributed by atoms with E-state index in [9.17, 15) is 9.90 Å². The lowest BCUT2D eigenvalue weighted by molar-refractivity contribution is -0.109. The maximum Gasteiger partial charge on any atom is 0.141 e. The van der Waals surface area contributed by atoms with Crippen molar-refractivity contribution in [3.63, 3.8) is 0 Å². The lowest BCUT2D eigenvalue weighted by Gasteiger charge is -2.22. The number of carbonyl (C=O) groups is 1. The summed E-state index contributed by atoms with van der Waals surface area (Å²) in [5.74, 6) is 0.269. The molecule has 0 radical (unpaired) electrons. The summed E-state index contributed by atoms with van der Waals surface area (Å²) < 4.78 is 0. The fourth-order valence-corrected chi connectivity index (χ4v) is 1.71. The highest BCUT2D eigenvalue weighted by Gasteiger charge is 2.18. The number of phenols is 1. The third kappa shape index (κ3) is 1.42. The monoisotopic (exact) mass is 177 g/mol. The normalized spacial score (nSPS) is 20.8. The molecule has 1 aliphatic rings. The zero-order valence-corrected chi connectivity index (χ0v) is 7.16. The lowest BCUT2D eigenvalue weighted by Crippen LogP contribution is -2.30. The van der Waals surface area contributed by atoms with E-state index in [1.54, 1.807) is 18.2 Å². The van der Waals surface area contributed by atoms with Crippen LogP contribution in [0.2, 0.25) is 0 Å². The Kier molecular flexibility index (Phi) is 2.02. The maximum absolute atomic E-state index is 10.7. The molecule has 0 saturated carbocycles. The summed E-state index contributed by atoms with van der Waals surface area (Å²) in [7, 11) is 0. The second-order valence-corrected chi connectivity index (χ2v) is 3.20. The molecular formula is C10H11NO2. The molecule has 1 unspecified atom stereocenters. The number of nitrogens with one attached hydrogen (secondary N) is 1. The van der Waals surface area contributed by atoms with Gasteiger partial charge in [0.15, 0.2) is 0 Å². The van der Waals surface area contributed by atoms with E-state index in [0.29, 0.717) is 0 Å². The molecule has 0 aliphatic carbocycles. The van der Waals surface area contributed by atoms with E-state index in [1.807, 2.05) is 0 Å². The van der Waals surface area contributed by atoms with Gasteiger partial charge in [0.25, 0.3) is 0 Å². The molecule has 1 aromatic carbocycles. The maximum atomic E-state index is 10.7. The second-order valence-electron chi connectivity index (χ2n) is 3.20. The first-order valence-electron chi connectivity index (χ1n) is 4.32. The molecule has 1 aliphatic heterocycles. The molecule has 3 nitrogen and oxygen atoms in total. The zero-order chi connectivity index (χ0) is 9.26. The number of phenolic OH excluding ortho intramolecular Hbond substituents is 1. The van der Waals surface area contributed by atoms with E-state index in [4.69, 9.17) is 0 Å². The Hall–Kier alpha value is -1.35. The largest absolute Gasteiger partial charge is 0.508 e. The van der Waals surface area contributed by atoms with Crippen molar-refractivity contribution in [2.75, 3.05) is 6.54 Å². The minimum absolute atomic E-state index is 0.204. The van der Waals surface area contributed by atoms with Crippen molar-refractivity contribution < 1.29 is 9.90 Å². The van der Waals surface area contributed by atoms with Crippen LogP contribution in [-0.4, -0.2) is 17.9 Å². The number of rotatable bonds is 1. The fraction of sp³-hybridized carbons (Fsp3) is 0.300. The van der Waals surface area contributed by atoms with Crippen LogP contribution in [0.3, 0.4) is 0 Å². The van der Waals surface area contributed by atoms with E-state index in [1.165, 1.54) is 0 Å². The third-order valence-corrected chi connectivity index (χ3v) is 2.36. The van der Waals surface area contributed by atoms with Crippen molar-refractivity contribution >= 4 is 6.29 Å². The topological polar surface area (TPSA) is 49.3 Å². The highest BCUT2D eigenvalue weighted by atomic mass is 16.3. The predicted octanol–water partition coefficient (Wildman–Crippen LogP) is 0.778. The van der Waals surface area contributed by atoms with Gasteiger partial charge in [-0.15, -0.1) is 0 Å². The molecule has 0 spiro atoms. The van der Waals surface area contributed by atoms with Crippen molar-refractivity contribution in [3.8, 4) is 5.75 Å². The van der Waals surface area contributed by atoms with Crippen LogP contribution in [0.4, 0.5) is 0 Å². The van der Waals surface area contributed by atoms with Crippen LogP contribution < -0.4 is 5.32 Å². The van der Waals surface area contributed by atoms with Crippen LogP contribution in [0, 0.1) is 0 Å². The number of aromatic hydroxyl groups is 1. The molecule has 0 saturated heterocycles. The summed E-state index contributed by atoms with van der Waals surface area (Å²) in [6.07, 6.45) is 1.77. The molecule has 68 valence electrons. The Morgan fingerprint density at radius 2 is 2.38 bits per heavy atom. The fourth-order valence-electron chi connectivity index (χ4n) is 1.71. The number of carbonyl (C=O) groups excluding carboxylic acids is 1. The smallest absolute Gasteiger partial charge is 0.141 e. The molecule has 0 bridgehead atoms. The molecule has 1 atom stereocenters. The Balaban J connectivity index is 2.45. The molecule has 0 aromatic heterocycles. The summed E-state index contributed by atoms with van der Waals surface area (Å²) in [6.45, 7) is 0.792. The van der Waals surface area contributed by atoms with E-state index >= 15 is 0 Å². The molecule has 2 rings (SSSR count). The molecule has 0 fully saturated rings. The minimum Gasteiger partial charge on any atom is -0.508 e. The van der Waals surface area contributed by atoms with Crippen molar-refractivity contribution in [1.82, 2.24) is 5.32 Å². The third-order valence-electron chi connectivity index (χ3n) is 2.36. The molecule has 1 aromatic rings. The Bertz CT molecular complexity index is 336. The molecule has 3 heteroatoms. The van der Waals surface area contributed by atoms with Crippen molar-refractivity contribution in [3.05, 3.63) is 29.3 Å².